The minimum absolute atomic E-state index is 0.0278. The van der Waals surface area contributed by atoms with E-state index in [0.717, 1.165) is 8.83 Å². The quantitative estimate of drug-likeness (QED) is 0.654. The Labute approximate surface area is 77.3 Å². The van der Waals surface area contributed by atoms with E-state index in [4.69, 9.17) is 0 Å². The van der Waals surface area contributed by atoms with Crippen LogP contribution in [0.5, 0.6) is 0 Å². The molecule has 0 aromatic carbocycles. The maximum absolute atomic E-state index is 10.9. The van der Waals surface area contributed by atoms with Gasteiger partial charge in [0.25, 0.3) is 0 Å². The van der Waals surface area contributed by atoms with E-state index in [0.29, 0.717) is 0 Å². The SMILES string of the molecule is CC(=O)C(C(C)=[Se])C(C)=[Se]. The van der Waals surface area contributed by atoms with E-state index in [1.165, 1.54) is 0 Å². The first-order valence-corrected chi connectivity index (χ1v) is 4.69. The average Bonchev–Trinajstić information content (AvgIpc) is 1.59. The summed E-state index contributed by atoms with van der Waals surface area (Å²) in [5.74, 6) is 0.160. The van der Waals surface area contributed by atoms with Crippen molar-refractivity contribution in [1.82, 2.24) is 0 Å². The number of Topliss-reactive ketones (excluding diaryl/α,β-unsaturated/α-hetero) is 1. The molecule has 0 saturated carbocycles. The van der Waals surface area contributed by atoms with E-state index < -0.39 is 0 Å². The summed E-state index contributed by atoms with van der Waals surface area (Å²) in [6, 6.07) is 0. The molecule has 0 aliphatic rings. The van der Waals surface area contributed by atoms with Crippen molar-refractivity contribution < 1.29 is 4.79 Å². The molecule has 0 unspecified atom stereocenters. The summed E-state index contributed by atoms with van der Waals surface area (Å²) in [5.41, 5.74) is 0. The number of carbonyl (C=O) groups excluding carboxylic acids is 1. The van der Waals surface area contributed by atoms with Crippen LogP contribution in [0.1, 0.15) is 20.8 Å². The second kappa shape index (κ2) is 4.35. The Morgan fingerprint density at radius 2 is 1.40 bits per heavy atom. The molecule has 0 amide bonds. The molecule has 56 valence electrons. The Morgan fingerprint density at radius 3 is 1.40 bits per heavy atom. The summed E-state index contributed by atoms with van der Waals surface area (Å²) < 4.78 is 2.06. The normalized spacial score (nSPS) is 9.60. The van der Waals surface area contributed by atoms with Gasteiger partial charge in [0, 0.05) is 0 Å². The number of hydrogen-bond acceptors (Lipinski definition) is 1. The molecule has 0 aromatic rings. The molecule has 1 nitrogen and oxygen atoms in total. The Hall–Kier alpha value is 0.449. The number of rotatable bonds is 3. The van der Waals surface area contributed by atoms with E-state index in [9.17, 15) is 4.79 Å². The summed E-state index contributed by atoms with van der Waals surface area (Å²) in [6.45, 7) is 5.45. The molecule has 0 N–H and O–H groups in total. The van der Waals surface area contributed by atoms with Crippen molar-refractivity contribution in [3.63, 3.8) is 0 Å². The van der Waals surface area contributed by atoms with Crippen molar-refractivity contribution in [3.8, 4) is 0 Å². The predicted octanol–water partition coefficient (Wildman–Crippen LogP) is -0.0868. The van der Waals surface area contributed by atoms with E-state index >= 15 is 0 Å². The van der Waals surface area contributed by atoms with Crippen molar-refractivity contribution in [2.45, 2.75) is 20.8 Å². The van der Waals surface area contributed by atoms with Crippen LogP contribution < -0.4 is 0 Å². The molecule has 0 saturated heterocycles. The molecule has 0 spiro atoms. The fourth-order valence-corrected chi connectivity index (χ4v) is 2.68. The molecule has 10 heavy (non-hydrogen) atoms. The molecule has 0 atom stereocenters. The molecule has 0 aliphatic heterocycles. The van der Waals surface area contributed by atoms with Gasteiger partial charge in [-0.2, -0.15) is 0 Å². The van der Waals surface area contributed by atoms with Gasteiger partial charge in [-0.3, -0.25) is 0 Å². The van der Waals surface area contributed by atoms with Crippen molar-refractivity contribution in [2.24, 2.45) is 5.92 Å². The summed E-state index contributed by atoms with van der Waals surface area (Å²) in [7, 11) is 0. The Morgan fingerprint density at radius 1 is 1.10 bits per heavy atom. The van der Waals surface area contributed by atoms with Crippen LogP contribution in [0.3, 0.4) is 0 Å². The van der Waals surface area contributed by atoms with Crippen LogP contribution in [-0.4, -0.2) is 45.8 Å². The Kier molecular flexibility index (Phi) is 4.55. The van der Waals surface area contributed by atoms with Gasteiger partial charge in [-0.15, -0.1) is 0 Å². The molecule has 3 heteroatoms. The molecule has 0 aromatic heterocycles. The zero-order chi connectivity index (χ0) is 8.31. The van der Waals surface area contributed by atoms with Gasteiger partial charge in [0.1, 0.15) is 0 Å². The topological polar surface area (TPSA) is 17.1 Å². The first-order chi connectivity index (χ1) is 4.46. The fraction of sp³-hybridized carbons (Fsp3) is 0.571. The molecule has 0 bridgehead atoms. The third-order valence-corrected chi connectivity index (χ3v) is 2.21. The zero-order valence-corrected chi connectivity index (χ0v) is 9.73. The minimum atomic E-state index is -0.0278. The van der Waals surface area contributed by atoms with Gasteiger partial charge in [-0.1, -0.05) is 0 Å². The average molecular weight is 268 g/mol. The van der Waals surface area contributed by atoms with Crippen LogP contribution in [-0.2, 0) is 4.79 Å². The fourth-order valence-electron chi connectivity index (χ4n) is 0.859. The van der Waals surface area contributed by atoms with E-state index in [1.54, 1.807) is 6.92 Å². The van der Waals surface area contributed by atoms with Crippen molar-refractivity contribution in [2.75, 3.05) is 0 Å². The van der Waals surface area contributed by atoms with Crippen LogP contribution in [0.2, 0.25) is 0 Å². The second-order valence-corrected chi connectivity index (χ2v) is 4.97. The predicted molar refractivity (Wildman–Crippen MR) is 47.0 cm³/mol. The van der Waals surface area contributed by atoms with Gasteiger partial charge in [0.05, 0.1) is 0 Å². The van der Waals surface area contributed by atoms with Gasteiger partial charge >= 0.3 is 77.3 Å². The second-order valence-electron chi connectivity index (χ2n) is 2.26. The van der Waals surface area contributed by atoms with E-state index in [-0.39, 0.29) is 11.7 Å². The van der Waals surface area contributed by atoms with Crippen LogP contribution in [0.25, 0.3) is 0 Å². The molecular weight excluding hydrogens is 258 g/mol. The summed E-state index contributed by atoms with van der Waals surface area (Å²) in [5, 5.41) is 0. The third kappa shape index (κ3) is 3.03. The zero-order valence-electron chi connectivity index (χ0n) is 6.30. The molecule has 0 fully saturated rings. The Balaban J connectivity index is 4.43. The van der Waals surface area contributed by atoms with Gasteiger partial charge < -0.3 is 0 Å². The van der Waals surface area contributed by atoms with E-state index in [1.807, 2.05) is 13.8 Å². The van der Waals surface area contributed by atoms with Gasteiger partial charge in [-0.05, 0) is 0 Å². The number of hydrogen-bond donors (Lipinski definition) is 0. The third-order valence-electron chi connectivity index (χ3n) is 1.22. The summed E-state index contributed by atoms with van der Waals surface area (Å²) in [4.78, 5) is 10.9. The van der Waals surface area contributed by atoms with Crippen molar-refractivity contribution >= 4 is 45.8 Å². The van der Waals surface area contributed by atoms with Crippen LogP contribution in [0, 0.1) is 5.92 Å². The molecule has 0 aliphatic carbocycles. The monoisotopic (exact) mass is 270 g/mol. The first kappa shape index (κ1) is 10.4. The van der Waals surface area contributed by atoms with Gasteiger partial charge in [0.15, 0.2) is 0 Å². The Bertz CT molecular complexity index is 151. The van der Waals surface area contributed by atoms with Gasteiger partial charge in [0.2, 0.25) is 0 Å². The van der Waals surface area contributed by atoms with Crippen LogP contribution in [0.4, 0.5) is 0 Å². The van der Waals surface area contributed by atoms with Crippen molar-refractivity contribution in [3.05, 3.63) is 0 Å². The summed E-state index contributed by atoms with van der Waals surface area (Å²) in [6.07, 6.45) is 0. The number of carbonyl (C=O) groups is 1. The maximum atomic E-state index is 10.9. The molecule has 0 radical (unpaired) electrons. The van der Waals surface area contributed by atoms with Crippen molar-refractivity contribution in [1.29, 1.82) is 0 Å². The summed E-state index contributed by atoms with van der Waals surface area (Å²) >= 11 is 5.72. The van der Waals surface area contributed by atoms with Crippen LogP contribution in [0.15, 0.2) is 0 Å². The standard InChI is InChI=1S/C7H10OSe2/c1-4(8)7(5(2)9)6(3)10/h7H,1-3H3. The van der Waals surface area contributed by atoms with Gasteiger partial charge in [-0.25, -0.2) is 0 Å². The molecule has 0 rings (SSSR count). The van der Waals surface area contributed by atoms with Crippen LogP contribution >= 0.6 is 0 Å². The molecule has 0 heterocycles. The number of ketones is 1. The first-order valence-electron chi connectivity index (χ1n) is 2.98. The van der Waals surface area contributed by atoms with E-state index in [2.05, 4.69) is 31.2 Å². The molecular formula is C7H10OSe2.